The van der Waals surface area contributed by atoms with Crippen LogP contribution in [0.25, 0.3) is 6.08 Å². The molecular formula is C14H18O. The van der Waals surface area contributed by atoms with E-state index < -0.39 is 0 Å². The quantitative estimate of drug-likeness (QED) is 0.727. The third-order valence-electron chi connectivity index (χ3n) is 2.23. The summed E-state index contributed by atoms with van der Waals surface area (Å²) in [6.07, 6.45) is 4.77. The number of allylic oxidation sites excluding steroid dienone is 1. The Hall–Kier alpha value is -1.37. The van der Waals surface area contributed by atoms with Crippen molar-refractivity contribution in [3.05, 3.63) is 42.0 Å². The van der Waals surface area contributed by atoms with Gasteiger partial charge in [0, 0.05) is 6.42 Å². The Bertz CT molecular complexity index is 347. The lowest BCUT2D eigenvalue weighted by Gasteiger charge is -2.17. The molecule has 0 N–H and O–H groups in total. The number of hydrogen-bond acceptors (Lipinski definition) is 1. The van der Waals surface area contributed by atoms with Gasteiger partial charge in [-0.25, -0.2) is 0 Å². The van der Waals surface area contributed by atoms with Crippen LogP contribution in [0.15, 0.2) is 36.4 Å². The first kappa shape index (κ1) is 11.7. The zero-order valence-electron chi connectivity index (χ0n) is 9.66. The fourth-order valence-electron chi connectivity index (χ4n) is 1.59. The summed E-state index contributed by atoms with van der Waals surface area (Å²) in [7, 11) is 0. The first-order chi connectivity index (χ1) is 6.99. The Labute approximate surface area is 91.8 Å². The third kappa shape index (κ3) is 4.59. The minimum atomic E-state index is -0.0539. The smallest absolute Gasteiger partial charge is 0.130 e. The van der Waals surface area contributed by atoms with Gasteiger partial charge in [-0.1, -0.05) is 56.3 Å². The number of rotatable bonds is 4. The molecule has 0 aliphatic rings. The topological polar surface area (TPSA) is 17.1 Å². The molecule has 0 fully saturated rings. The van der Waals surface area contributed by atoms with Gasteiger partial charge in [-0.15, -0.1) is 0 Å². The van der Waals surface area contributed by atoms with Crippen LogP contribution >= 0.6 is 0 Å². The number of ketones is 1. The first-order valence-corrected chi connectivity index (χ1v) is 5.23. The van der Waals surface area contributed by atoms with E-state index in [9.17, 15) is 4.79 Å². The monoisotopic (exact) mass is 202 g/mol. The molecule has 0 bridgehead atoms. The van der Waals surface area contributed by atoms with Crippen LogP contribution in [0.1, 0.15) is 32.8 Å². The van der Waals surface area contributed by atoms with Gasteiger partial charge in [-0.3, -0.25) is 4.79 Å². The van der Waals surface area contributed by atoms with Gasteiger partial charge in [0.1, 0.15) is 5.78 Å². The largest absolute Gasteiger partial charge is 0.300 e. The van der Waals surface area contributed by atoms with E-state index in [2.05, 4.69) is 38.1 Å². The molecule has 1 heteroatoms. The summed E-state index contributed by atoms with van der Waals surface area (Å²) in [5.74, 6) is 0.234. The average Bonchev–Trinajstić information content (AvgIpc) is 2.15. The van der Waals surface area contributed by atoms with Crippen LogP contribution in [0.2, 0.25) is 0 Å². The molecule has 0 spiro atoms. The van der Waals surface area contributed by atoms with Crippen LogP contribution in [0, 0.1) is 5.41 Å². The van der Waals surface area contributed by atoms with Gasteiger partial charge in [-0.05, 0) is 17.9 Å². The number of Topliss-reactive ketones (excluding diaryl/α,β-unsaturated/α-hetero) is 1. The van der Waals surface area contributed by atoms with Crippen molar-refractivity contribution in [2.75, 3.05) is 0 Å². The standard InChI is InChI=1S/C14H18O/c1-12(15)11-14(2,3)10-9-13-7-5-4-6-8-13/h4-10H,11H2,1-3H3/b10-9+. The van der Waals surface area contributed by atoms with Crippen molar-refractivity contribution in [2.45, 2.75) is 27.2 Å². The van der Waals surface area contributed by atoms with Crippen LogP contribution in [0.4, 0.5) is 0 Å². The number of benzene rings is 1. The van der Waals surface area contributed by atoms with Gasteiger partial charge in [-0.2, -0.15) is 0 Å². The summed E-state index contributed by atoms with van der Waals surface area (Å²) in [5.41, 5.74) is 1.12. The van der Waals surface area contributed by atoms with Crippen LogP contribution in [-0.2, 0) is 4.79 Å². The van der Waals surface area contributed by atoms with Gasteiger partial charge >= 0.3 is 0 Å². The van der Waals surface area contributed by atoms with Crippen molar-refractivity contribution in [1.82, 2.24) is 0 Å². The SMILES string of the molecule is CC(=O)CC(C)(C)/C=C/c1ccccc1. The maximum Gasteiger partial charge on any atom is 0.130 e. The first-order valence-electron chi connectivity index (χ1n) is 5.23. The molecule has 1 aromatic carbocycles. The molecule has 1 aromatic rings. The van der Waals surface area contributed by atoms with Crippen molar-refractivity contribution in [1.29, 1.82) is 0 Å². The van der Waals surface area contributed by atoms with Crippen molar-refractivity contribution in [3.63, 3.8) is 0 Å². The van der Waals surface area contributed by atoms with Crippen LogP contribution in [-0.4, -0.2) is 5.78 Å². The second-order valence-electron chi connectivity index (χ2n) is 4.61. The number of carbonyl (C=O) groups excluding carboxylic acids is 1. The maximum absolute atomic E-state index is 11.0. The van der Waals surface area contributed by atoms with Crippen molar-refractivity contribution in [2.24, 2.45) is 5.41 Å². The summed E-state index contributed by atoms with van der Waals surface area (Å²) in [6.45, 7) is 5.79. The fourth-order valence-corrected chi connectivity index (χ4v) is 1.59. The van der Waals surface area contributed by atoms with E-state index in [1.54, 1.807) is 6.92 Å². The molecule has 0 saturated carbocycles. The minimum absolute atomic E-state index is 0.0539. The predicted molar refractivity (Wildman–Crippen MR) is 64.6 cm³/mol. The van der Waals surface area contributed by atoms with Gasteiger partial charge in [0.2, 0.25) is 0 Å². The Morgan fingerprint density at radius 1 is 1.27 bits per heavy atom. The van der Waals surface area contributed by atoms with Crippen molar-refractivity contribution < 1.29 is 4.79 Å². The number of carbonyl (C=O) groups is 1. The van der Waals surface area contributed by atoms with E-state index in [1.165, 1.54) is 5.56 Å². The maximum atomic E-state index is 11.0. The zero-order chi connectivity index (χ0) is 11.3. The van der Waals surface area contributed by atoms with E-state index in [0.717, 1.165) is 0 Å². The Morgan fingerprint density at radius 2 is 1.87 bits per heavy atom. The molecular weight excluding hydrogens is 184 g/mol. The van der Waals surface area contributed by atoms with Gasteiger partial charge in [0.25, 0.3) is 0 Å². The predicted octanol–water partition coefficient (Wildman–Crippen LogP) is 3.71. The molecule has 1 rings (SSSR count). The molecule has 0 amide bonds. The highest BCUT2D eigenvalue weighted by atomic mass is 16.1. The van der Waals surface area contributed by atoms with E-state index >= 15 is 0 Å². The normalized spacial score (nSPS) is 11.9. The Morgan fingerprint density at radius 3 is 2.40 bits per heavy atom. The minimum Gasteiger partial charge on any atom is -0.300 e. The highest BCUT2D eigenvalue weighted by molar-refractivity contribution is 5.76. The average molecular weight is 202 g/mol. The molecule has 15 heavy (non-hydrogen) atoms. The molecule has 0 aliphatic heterocycles. The van der Waals surface area contributed by atoms with E-state index in [0.29, 0.717) is 6.42 Å². The second-order valence-corrected chi connectivity index (χ2v) is 4.61. The van der Waals surface area contributed by atoms with Gasteiger partial charge in [0.15, 0.2) is 0 Å². The molecule has 0 heterocycles. The molecule has 0 unspecified atom stereocenters. The Kier molecular flexibility index (Phi) is 3.84. The highest BCUT2D eigenvalue weighted by Crippen LogP contribution is 2.23. The summed E-state index contributed by atoms with van der Waals surface area (Å²) < 4.78 is 0. The molecule has 0 radical (unpaired) electrons. The molecule has 0 atom stereocenters. The fraction of sp³-hybridized carbons (Fsp3) is 0.357. The highest BCUT2D eigenvalue weighted by Gasteiger charge is 2.15. The summed E-state index contributed by atoms with van der Waals surface area (Å²) in [4.78, 5) is 11.0. The van der Waals surface area contributed by atoms with E-state index in [1.807, 2.05) is 18.2 Å². The van der Waals surface area contributed by atoms with E-state index in [4.69, 9.17) is 0 Å². The lowest BCUT2D eigenvalue weighted by atomic mass is 9.87. The van der Waals surface area contributed by atoms with Gasteiger partial charge < -0.3 is 0 Å². The van der Waals surface area contributed by atoms with E-state index in [-0.39, 0.29) is 11.2 Å². The molecule has 0 aliphatic carbocycles. The lowest BCUT2D eigenvalue weighted by Crippen LogP contribution is -2.11. The summed E-state index contributed by atoms with van der Waals surface area (Å²) in [6, 6.07) is 10.1. The zero-order valence-corrected chi connectivity index (χ0v) is 9.66. The lowest BCUT2D eigenvalue weighted by molar-refractivity contribution is -0.118. The summed E-state index contributed by atoms with van der Waals surface area (Å²) >= 11 is 0. The van der Waals surface area contributed by atoms with Crippen LogP contribution in [0.5, 0.6) is 0 Å². The van der Waals surface area contributed by atoms with Crippen molar-refractivity contribution >= 4 is 11.9 Å². The number of hydrogen-bond donors (Lipinski definition) is 0. The van der Waals surface area contributed by atoms with Crippen LogP contribution < -0.4 is 0 Å². The van der Waals surface area contributed by atoms with Gasteiger partial charge in [0.05, 0.1) is 0 Å². The molecule has 80 valence electrons. The molecule has 1 nitrogen and oxygen atoms in total. The van der Waals surface area contributed by atoms with Crippen LogP contribution in [0.3, 0.4) is 0 Å². The molecule has 0 aromatic heterocycles. The molecule has 0 saturated heterocycles. The summed E-state index contributed by atoms with van der Waals surface area (Å²) in [5, 5.41) is 0. The Balaban J connectivity index is 2.68. The third-order valence-corrected chi connectivity index (χ3v) is 2.23. The van der Waals surface area contributed by atoms with Crippen molar-refractivity contribution in [3.8, 4) is 0 Å². The second kappa shape index (κ2) is 4.92.